The van der Waals surface area contributed by atoms with Gasteiger partial charge in [-0.15, -0.1) is 0 Å². The first-order chi connectivity index (χ1) is 18.3. The van der Waals surface area contributed by atoms with Gasteiger partial charge >= 0.3 is 0 Å². The Morgan fingerprint density at radius 1 is 0.974 bits per heavy atom. The maximum atomic E-state index is 12.9. The Labute approximate surface area is 222 Å². The highest BCUT2D eigenvalue weighted by molar-refractivity contribution is 7.92. The van der Waals surface area contributed by atoms with Crippen molar-refractivity contribution in [2.24, 2.45) is 0 Å². The van der Waals surface area contributed by atoms with Crippen molar-refractivity contribution in [1.29, 1.82) is 0 Å². The average Bonchev–Trinajstić information content (AvgIpc) is 3.57. The Hall–Kier alpha value is -3.54. The largest absolute Gasteiger partial charge is 0.384 e. The molecule has 0 aliphatic heterocycles. The van der Waals surface area contributed by atoms with Crippen LogP contribution in [0.5, 0.6) is 0 Å². The molecule has 10 nitrogen and oxygen atoms in total. The number of aromatic nitrogens is 3. The number of rotatable bonds is 14. The predicted molar refractivity (Wildman–Crippen MR) is 143 cm³/mol. The molecule has 2 aromatic heterocycles. The molecule has 0 saturated carbocycles. The van der Waals surface area contributed by atoms with Gasteiger partial charge in [-0.25, -0.2) is 8.42 Å². The fourth-order valence-electron chi connectivity index (χ4n) is 3.85. The molecular weight excluding hydrogens is 506 g/mol. The number of nitrogens with one attached hydrogen (secondary N) is 2. The van der Waals surface area contributed by atoms with Crippen molar-refractivity contribution in [1.82, 2.24) is 20.6 Å². The molecule has 4 aromatic rings. The van der Waals surface area contributed by atoms with Crippen LogP contribution in [0.15, 0.2) is 68.5 Å². The number of aryl methyl sites for hydroxylation is 2. The summed E-state index contributed by atoms with van der Waals surface area (Å²) in [4.78, 5) is 4.54. The van der Waals surface area contributed by atoms with E-state index in [2.05, 4.69) is 32.3 Å². The van der Waals surface area contributed by atoms with Gasteiger partial charge < -0.3 is 19.5 Å². The second-order valence-electron chi connectivity index (χ2n) is 9.14. The number of nitrogens with zero attached hydrogens (tertiary/aromatic N) is 3. The normalized spacial score (nSPS) is 12.5. The molecule has 11 heteroatoms. The Bertz CT molecular complexity index is 1400. The van der Waals surface area contributed by atoms with Gasteiger partial charge in [0, 0.05) is 30.3 Å². The third-order valence-electron chi connectivity index (χ3n) is 5.99. The lowest BCUT2D eigenvalue weighted by molar-refractivity contribution is 0.138. The van der Waals surface area contributed by atoms with E-state index in [0.29, 0.717) is 48.2 Å². The summed E-state index contributed by atoms with van der Waals surface area (Å²) in [6, 6.07) is 15.3. The molecule has 1 unspecified atom stereocenters. The molecule has 0 saturated heterocycles. The molecule has 202 valence electrons. The second kappa shape index (κ2) is 12.8. The molecule has 0 fully saturated rings. The highest BCUT2D eigenvalue weighted by Gasteiger charge is 2.16. The maximum absolute atomic E-state index is 12.9. The zero-order valence-electron chi connectivity index (χ0n) is 21.6. The van der Waals surface area contributed by atoms with Crippen molar-refractivity contribution in [3.05, 3.63) is 77.5 Å². The minimum atomic E-state index is -3.76. The van der Waals surface area contributed by atoms with Gasteiger partial charge in [-0.3, -0.25) is 4.72 Å². The Kier molecular flexibility index (Phi) is 9.27. The zero-order chi connectivity index (χ0) is 27.0. The first-order valence-corrected chi connectivity index (χ1v) is 14.2. The van der Waals surface area contributed by atoms with E-state index >= 15 is 0 Å². The second-order valence-corrected chi connectivity index (χ2v) is 10.8. The zero-order valence-corrected chi connectivity index (χ0v) is 22.4. The fraction of sp³-hybridized carbons (Fsp3) is 0.370. The molecule has 38 heavy (non-hydrogen) atoms. The number of hydrogen-bond acceptors (Lipinski definition) is 9. The highest BCUT2D eigenvalue weighted by Crippen LogP contribution is 2.22. The molecule has 3 N–H and O–H groups in total. The first kappa shape index (κ1) is 27.5. The summed E-state index contributed by atoms with van der Waals surface area (Å²) >= 11 is 0. The number of benzene rings is 2. The molecule has 2 heterocycles. The van der Waals surface area contributed by atoms with E-state index in [9.17, 15) is 13.5 Å². The summed E-state index contributed by atoms with van der Waals surface area (Å²) in [5, 5.41) is 21.1. The highest BCUT2D eigenvalue weighted by atomic mass is 32.2. The molecule has 0 bridgehead atoms. The van der Waals surface area contributed by atoms with E-state index in [4.69, 9.17) is 9.05 Å². The van der Waals surface area contributed by atoms with E-state index in [1.807, 2.05) is 12.1 Å². The van der Waals surface area contributed by atoms with Crippen molar-refractivity contribution >= 4 is 15.7 Å². The van der Waals surface area contributed by atoms with Gasteiger partial charge in [0.05, 0.1) is 10.6 Å². The lowest BCUT2D eigenvalue weighted by Crippen LogP contribution is -2.23. The van der Waals surface area contributed by atoms with Crippen LogP contribution in [0.2, 0.25) is 0 Å². The van der Waals surface area contributed by atoms with E-state index < -0.39 is 16.1 Å². The number of aliphatic hydroxyl groups excluding tert-OH is 1. The van der Waals surface area contributed by atoms with Crippen LogP contribution in [0, 0.1) is 6.92 Å². The van der Waals surface area contributed by atoms with Crippen LogP contribution >= 0.6 is 0 Å². The number of anilines is 1. The van der Waals surface area contributed by atoms with Crippen molar-refractivity contribution in [2.45, 2.75) is 57.0 Å². The Morgan fingerprint density at radius 2 is 1.74 bits per heavy atom. The van der Waals surface area contributed by atoms with Gasteiger partial charge in [0.15, 0.2) is 5.76 Å². The molecule has 0 radical (unpaired) electrons. The summed E-state index contributed by atoms with van der Waals surface area (Å²) < 4.78 is 38.7. The first-order valence-electron chi connectivity index (χ1n) is 12.7. The summed E-state index contributed by atoms with van der Waals surface area (Å²) in [5.74, 6) is 1.47. The van der Waals surface area contributed by atoms with Crippen molar-refractivity contribution in [2.75, 3.05) is 17.8 Å². The van der Waals surface area contributed by atoms with Gasteiger partial charge in [-0.2, -0.15) is 4.98 Å². The minimum Gasteiger partial charge on any atom is -0.384 e. The lowest BCUT2D eigenvalue weighted by Gasteiger charge is -2.10. The van der Waals surface area contributed by atoms with Crippen LogP contribution in [0.3, 0.4) is 0 Å². The summed E-state index contributed by atoms with van der Waals surface area (Å²) in [5.41, 5.74) is 2.92. The van der Waals surface area contributed by atoms with Crippen LogP contribution in [0.4, 0.5) is 5.69 Å². The summed E-state index contributed by atoms with van der Waals surface area (Å²) in [6.07, 6.45) is 3.90. The van der Waals surface area contributed by atoms with E-state index in [-0.39, 0.29) is 4.90 Å². The lowest BCUT2D eigenvalue weighted by atomic mass is 10.1. The monoisotopic (exact) mass is 539 g/mol. The van der Waals surface area contributed by atoms with Crippen LogP contribution < -0.4 is 10.0 Å². The maximum Gasteiger partial charge on any atom is 0.261 e. The van der Waals surface area contributed by atoms with Gasteiger partial charge in [0.25, 0.3) is 10.0 Å². The standard InChI is InChI=1S/C27H33N5O5S/c1-3-4-5-6-26-29-27(31-37-26)21-9-13-23(14-10-21)38(34,35)32-22-11-7-20(8-12-22)15-16-28-18-24(33)25-17-19(2)30-36-25/h7-14,17,24,28,32-33H,3-6,15-16,18H2,1-2H3. The van der Waals surface area contributed by atoms with Gasteiger partial charge in [-0.05, 0) is 68.3 Å². The van der Waals surface area contributed by atoms with E-state index in [1.165, 1.54) is 12.1 Å². The molecule has 1 atom stereocenters. The molecule has 0 aliphatic carbocycles. The molecule has 0 aliphatic rings. The van der Waals surface area contributed by atoms with Crippen LogP contribution in [-0.4, -0.2) is 41.9 Å². The third-order valence-corrected chi connectivity index (χ3v) is 7.39. The van der Waals surface area contributed by atoms with E-state index in [0.717, 1.165) is 36.9 Å². The number of unbranched alkanes of at least 4 members (excludes halogenated alkanes) is 2. The van der Waals surface area contributed by atoms with Crippen LogP contribution in [-0.2, 0) is 22.9 Å². The van der Waals surface area contributed by atoms with Gasteiger partial charge in [0.2, 0.25) is 11.7 Å². The topological polar surface area (TPSA) is 143 Å². The Balaban J connectivity index is 1.27. The third kappa shape index (κ3) is 7.50. The summed E-state index contributed by atoms with van der Waals surface area (Å²) in [6.45, 7) is 4.92. The van der Waals surface area contributed by atoms with Crippen molar-refractivity contribution < 1.29 is 22.6 Å². The number of hydrogen-bond donors (Lipinski definition) is 3. The molecule has 4 rings (SSSR count). The van der Waals surface area contributed by atoms with E-state index in [1.54, 1.807) is 37.3 Å². The molecule has 0 amide bonds. The molecule has 0 spiro atoms. The van der Waals surface area contributed by atoms with Crippen LogP contribution in [0.25, 0.3) is 11.4 Å². The molecule has 2 aromatic carbocycles. The Morgan fingerprint density at radius 3 is 2.42 bits per heavy atom. The number of aliphatic hydroxyl groups is 1. The van der Waals surface area contributed by atoms with Crippen molar-refractivity contribution in [3.63, 3.8) is 0 Å². The van der Waals surface area contributed by atoms with Gasteiger partial charge in [-0.1, -0.05) is 42.2 Å². The average molecular weight is 540 g/mol. The summed E-state index contributed by atoms with van der Waals surface area (Å²) in [7, 11) is -3.76. The minimum absolute atomic E-state index is 0.140. The van der Waals surface area contributed by atoms with Gasteiger partial charge in [0.1, 0.15) is 6.10 Å². The fourth-order valence-corrected chi connectivity index (χ4v) is 4.91. The number of sulfonamides is 1. The smallest absolute Gasteiger partial charge is 0.261 e. The SMILES string of the molecule is CCCCCc1nc(-c2ccc(S(=O)(=O)Nc3ccc(CCNCC(O)c4cc(C)no4)cc3)cc2)no1. The quantitative estimate of drug-likeness (QED) is 0.198. The molecular formula is C27H33N5O5S. The van der Waals surface area contributed by atoms with Crippen LogP contribution in [0.1, 0.15) is 55.2 Å². The van der Waals surface area contributed by atoms with Crippen molar-refractivity contribution in [3.8, 4) is 11.4 Å². The predicted octanol–water partition coefficient (Wildman–Crippen LogP) is 4.43.